The molecule has 4 aromatic rings. The van der Waals surface area contributed by atoms with Gasteiger partial charge in [0.2, 0.25) is 0 Å². The average molecular weight is 549 g/mol. The minimum absolute atomic E-state index is 0.0230. The van der Waals surface area contributed by atoms with Crippen LogP contribution in [0.1, 0.15) is 46.5 Å². The topological polar surface area (TPSA) is 80.5 Å². The molecular weight excluding hydrogens is 516 g/mol. The Hall–Kier alpha value is -3.13. The van der Waals surface area contributed by atoms with E-state index < -0.39 is 0 Å². The van der Waals surface area contributed by atoms with Gasteiger partial charge in [0.25, 0.3) is 5.91 Å². The number of nitrogens with two attached hydrogens (primary N) is 1. The molecule has 1 fully saturated rings. The van der Waals surface area contributed by atoms with Crippen LogP contribution in [0.25, 0.3) is 21.2 Å². The molecule has 0 radical (unpaired) electrons. The number of methoxy groups -OCH3 is 1. The lowest BCUT2D eigenvalue weighted by atomic mass is 9.89. The molecule has 0 unspecified atom stereocenters. The summed E-state index contributed by atoms with van der Waals surface area (Å²) in [5.74, 6) is 1.20. The smallest absolute Gasteiger partial charge is 0.266 e. The number of ether oxygens (including phenoxy) is 1. The van der Waals surface area contributed by atoms with Crippen LogP contribution in [-0.2, 0) is 6.54 Å². The largest absolute Gasteiger partial charge is 0.496 e. The summed E-state index contributed by atoms with van der Waals surface area (Å²) in [7, 11) is 3.68. The summed E-state index contributed by atoms with van der Waals surface area (Å²) in [6.07, 6.45) is 5.69. The number of benzene rings is 2. The van der Waals surface area contributed by atoms with Crippen molar-refractivity contribution in [3.05, 3.63) is 75.8 Å². The van der Waals surface area contributed by atoms with E-state index in [4.69, 9.17) is 22.1 Å². The van der Waals surface area contributed by atoms with Crippen LogP contribution in [0.15, 0.2) is 54.7 Å². The number of carbonyl (C=O) groups is 1. The molecule has 5 rings (SSSR count). The molecule has 2 aromatic carbocycles. The second-order valence-corrected chi connectivity index (χ2v) is 11.3. The Morgan fingerprint density at radius 3 is 2.58 bits per heavy atom. The third-order valence-corrected chi connectivity index (χ3v) is 9.24. The van der Waals surface area contributed by atoms with E-state index in [1.54, 1.807) is 19.4 Å². The molecule has 38 heavy (non-hydrogen) atoms. The van der Waals surface area contributed by atoms with Crippen molar-refractivity contribution in [3.63, 3.8) is 0 Å². The van der Waals surface area contributed by atoms with Gasteiger partial charge < -0.3 is 20.7 Å². The maximum absolute atomic E-state index is 14.3. The number of halogens is 1. The van der Waals surface area contributed by atoms with Crippen molar-refractivity contribution in [1.82, 2.24) is 15.2 Å². The van der Waals surface area contributed by atoms with Crippen LogP contribution >= 0.6 is 22.9 Å². The van der Waals surface area contributed by atoms with Crippen LogP contribution in [0.2, 0.25) is 5.02 Å². The number of fused-ring (bicyclic) bond motifs is 1. The molecule has 1 aliphatic rings. The van der Waals surface area contributed by atoms with Gasteiger partial charge in [-0.1, -0.05) is 29.8 Å². The summed E-state index contributed by atoms with van der Waals surface area (Å²) in [4.78, 5) is 21.1. The molecule has 6 nitrogen and oxygen atoms in total. The fraction of sp³-hybridized carbons (Fsp3) is 0.333. The van der Waals surface area contributed by atoms with E-state index in [-0.39, 0.29) is 11.9 Å². The van der Waals surface area contributed by atoms with E-state index in [1.807, 2.05) is 55.3 Å². The maximum atomic E-state index is 14.3. The minimum atomic E-state index is -0.0230. The number of carbonyl (C=O) groups excluding carboxylic acids is 1. The van der Waals surface area contributed by atoms with Gasteiger partial charge in [-0.05, 0) is 81.1 Å². The number of hydrogen-bond donors (Lipinski definition) is 2. The highest BCUT2D eigenvalue weighted by Gasteiger charge is 2.32. The first-order valence-corrected chi connectivity index (χ1v) is 14.1. The number of anilines is 1. The molecule has 0 aliphatic heterocycles. The van der Waals surface area contributed by atoms with E-state index in [0.717, 1.165) is 63.8 Å². The van der Waals surface area contributed by atoms with Crippen molar-refractivity contribution in [3.8, 4) is 16.9 Å². The number of thiophene rings is 1. The Balaban J connectivity index is 1.54. The third-order valence-electron chi connectivity index (χ3n) is 7.61. The highest BCUT2D eigenvalue weighted by atomic mass is 35.5. The first kappa shape index (κ1) is 26.5. The molecule has 1 aliphatic carbocycles. The SMILES string of the molecule is CN[C@H]1CC[C@H](N(Cc2cc(-c3ccc(N)nc3)ccc2OC)C(=O)c2sc3cccc(C)c3c2Cl)CC1. The van der Waals surface area contributed by atoms with Crippen LogP contribution in [0.5, 0.6) is 5.75 Å². The fourth-order valence-electron chi connectivity index (χ4n) is 5.43. The maximum Gasteiger partial charge on any atom is 0.266 e. The van der Waals surface area contributed by atoms with Gasteiger partial charge in [-0.2, -0.15) is 0 Å². The molecule has 0 spiro atoms. The number of hydrogen-bond acceptors (Lipinski definition) is 6. The molecule has 2 aromatic heterocycles. The van der Waals surface area contributed by atoms with Crippen LogP contribution in [-0.4, -0.2) is 42.0 Å². The molecule has 1 saturated carbocycles. The Labute approximate surface area is 232 Å². The van der Waals surface area contributed by atoms with E-state index in [9.17, 15) is 4.79 Å². The molecule has 0 bridgehead atoms. The van der Waals surface area contributed by atoms with E-state index >= 15 is 0 Å². The van der Waals surface area contributed by atoms with Crippen LogP contribution < -0.4 is 15.8 Å². The zero-order chi connectivity index (χ0) is 26.8. The van der Waals surface area contributed by atoms with Gasteiger partial charge in [-0.3, -0.25) is 4.79 Å². The Kier molecular flexibility index (Phi) is 7.88. The van der Waals surface area contributed by atoms with Crippen molar-refractivity contribution in [2.75, 3.05) is 19.9 Å². The van der Waals surface area contributed by atoms with Crippen molar-refractivity contribution in [2.45, 2.75) is 51.2 Å². The number of aromatic nitrogens is 1. The van der Waals surface area contributed by atoms with Crippen molar-refractivity contribution >= 4 is 44.7 Å². The number of rotatable bonds is 7. The average Bonchev–Trinajstić information content (AvgIpc) is 3.29. The Bertz CT molecular complexity index is 1440. The Morgan fingerprint density at radius 2 is 1.92 bits per heavy atom. The molecule has 0 saturated heterocycles. The van der Waals surface area contributed by atoms with Gasteiger partial charge in [0.05, 0.1) is 12.1 Å². The molecule has 1 amide bonds. The predicted molar refractivity (Wildman–Crippen MR) is 157 cm³/mol. The standard InChI is InChI=1S/C30H33ClN4O2S/c1-18-5-4-6-25-27(18)28(31)29(38-25)30(36)35(23-11-9-22(33-2)10-12-23)17-21-15-19(7-13-24(21)37-3)20-8-14-26(32)34-16-20/h4-8,13-16,22-23,33H,9-12,17H2,1-3H3,(H2,32,34)/t22-,23-. The molecule has 3 N–H and O–H groups in total. The highest BCUT2D eigenvalue weighted by Crippen LogP contribution is 2.39. The summed E-state index contributed by atoms with van der Waals surface area (Å²) in [6.45, 7) is 2.46. The quantitative estimate of drug-likeness (QED) is 0.269. The number of aryl methyl sites for hydroxylation is 1. The summed E-state index contributed by atoms with van der Waals surface area (Å²) >= 11 is 8.36. The van der Waals surface area contributed by atoms with Gasteiger partial charge in [0.1, 0.15) is 16.4 Å². The second kappa shape index (κ2) is 11.3. The zero-order valence-electron chi connectivity index (χ0n) is 22.0. The second-order valence-electron chi connectivity index (χ2n) is 9.92. The molecule has 198 valence electrons. The fourth-order valence-corrected chi connectivity index (χ4v) is 7.06. The lowest BCUT2D eigenvalue weighted by Crippen LogP contribution is -2.44. The normalized spacial score (nSPS) is 17.5. The van der Waals surface area contributed by atoms with E-state index in [0.29, 0.717) is 28.3 Å². The molecule has 8 heteroatoms. The zero-order valence-corrected chi connectivity index (χ0v) is 23.5. The van der Waals surface area contributed by atoms with Gasteiger partial charge in [0.15, 0.2) is 0 Å². The number of nitrogens with zero attached hydrogens (tertiary/aromatic N) is 2. The molecule has 0 atom stereocenters. The number of pyridine rings is 1. The Morgan fingerprint density at radius 1 is 1.16 bits per heavy atom. The number of nitrogen functional groups attached to an aromatic ring is 1. The van der Waals surface area contributed by atoms with E-state index in [2.05, 4.69) is 16.4 Å². The van der Waals surface area contributed by atoms with Crippen molar-refractivity contribution in [2.24, 2.45) is 0 Å². The first-order chi connectivity index (χ1) is 18.4. The first-order valence-electron chi connectivity index (χ1n) is 12.9. The van der Waals surface area contributed by atoms with Crippen molar-refractivity contribution in [1.29, 1.82) is 0 Å². The summed E-state index contributed by atoms with van der Waals surface area (Å²) in [5, 5.41) is 4.92. The summed E-state index contributed by atoms with van der Waals surface area (Å²) < 4.78 is 6.78. The lowest BCUT2D eigenvalue weighted by Gasteiger charge is -2.37. The van der Waals surface area contributed by atoms with Gasteiger partial charge in [0, 0.05) is 46.0 Å². The summed E-state index contributed by atoms with van der Waals surface area (Å²) in [6, 6.07) is 16.5. The van der Waals surface area contributed by atoms with Gasteiger partial charge >= 0.3 is 0 Å². The van der Waals surface area contributed by atoms with Crippen molar-refractivity contribution < 1.29 is 9.53 Å². The van der Waals surface area contributed by atoms with Crippen LogP contribution in [0.4, 0.5) is 5.82 Å². The van der Waals surface area contributed by atoms with Gasteiger partial charge in [-0.15, -0.1) is 11.3 Å². The number of nitrogens with one attached hydrogen (secondary N) is 1. The van der Waals surface area contributed by atoms with Crippen LogP contribution in [0, 0.1) is 6.92 Å². The lowest BCUT2D eigenvalue weighted by molar-refractivity contribution is 0.0604. The van der Waals surface area contributed by atoms with Gasteiger partial charge in [-0.25, -0.2) is 4.98 Å². The molecular formula is C30H33ClN4O2S. The predicted octanol–water partition coefficient (Wildman–Crippen LogP) is 6.69. The summed E-state index contributed by atoms with van der Waals surface area (Å²) in [5.41, 5.74) is 9.77. The molecule has 2 heterocycles. The third kappa shape index (κ3) is 5.23. The highest BCUT2D eigenvalue weighted by molar-refractivity contribution is 7.21. The minimum Gasteiger partial charge on any atom is -0.496 e. The number of amides is 1. The van der Waals surface area contributed by atoms with Crippen LogP contribution in [0.3, 0.4) is 0 Å². The van der Waals surface area contributed by atoms with E-state index in [1.165, 1.54) is 11.3 Å². The monoisotopic (exact) mass is 548 g/mol.